The summed E-state index contributed by atoms with van der Waals surface area (Å²) in [5.74, 6) is -0.234. The number of nitrogens with zero attached hydrogens (tertiary/aromatic N) is 2. The number of methoxy groups -OCH3 is 1. The van der Waals surface area contributed by atoms with Crippen LogP contribution in [0.1, 0.15) is 25.5 Å². The average molecular weight is 236 g/mol. The lowest BCUT2D eigenvalue weighted by Crippen LogP contribution is -2.27. The average Bonchev–Trinajstić information content (AvgIpc) is 2.35. The number of rotatable bonds is 5. The van der Waals surface area contributed by atoms with Crippen molar-refractivity contribution in [1.29, 1.82) is 5.26 Å². The number of hydrogen-bond acceptors (Lipinski definition) is 3. The minimum Gasteiger partial charge on any atom is -0.494 e. The van der Waals surface area contributed by atoms with E-state index in [0.717, 1.165) is 13.1 Å². The molecule has 0 fully saturated rings. The van der Waals surface area contributed by atoms with E-state index in [1.165, 1.54) is 13.2 Å². The van der Waals surface area contributed by atoms with Gasteiger partial charge in [-0.15, -0.1) is 0 Å². The maximum Gasteiger partial charge on any atom is 0.165 e. The van der Waals surface area contributed by atoms with Gasteiger partial charge in [-0.05, 0) is 30.8 Å². The van der Waals surface area contributed by atoms with Crippen LogP contribution in [-0.2, 0) is 0 Å². The molecule has 0 N–H and O–H groups in total. The molecule has 0 radical (unpaired) electrons. The standard InChI is InChI=1S/C13H17FN2O/c1-4-16(5-2)12(9-15)10-6-7-13(17-3)11(14)8-10/h6-8,12H,4-5H2,1-3H3. The van der Waals surface area contributed by atoms with Gasteiger partial charge >= 0.3 is 0 Å². The van der Waals surface area contributed by atoms with Crippen molar-refractivity contribution in [2.24, 2.45) is 0 Å². The van der Waals surface area contributed by atoms with Crippen molar-refractivity contribution < 1.29 is 9.13 Å². The predicted molar refractivity (Wildman–Crippen MR) is 64.2 cm³/mol. The Balaban J connectivity index is 3.05. The third-order valence-electron chi connectivity index (χ3n) is 2.79. The molecule has 1 rings (SSSR count). The Morgan fingerprint density at radius 2 is 2.06 bits per heavy atom. The van der Waals surface area contributed by atoms with Crippen LogP contribution >= 0.6 is 0 Å². The monoisotopic (exact) mass is 236 g/mol. The normalized spacial score (nSPS) is 12.2. The molecule has 0 aliphatic rings. The fourth-order valence-corrected chi connectivity index (χ4v) is 1.81. The first kappa shape index (κ1) is 13.5. The van der Waals surface area contributed by atoms with Gasteiger partial charge in [0.05, 0.1) is 13.2 Å². The molecule has 3 nitrogen and oxygen atoms in total. The van der Waals surface area contributed by atoms with E-state index in [2.05, 4.69) is 6.07 Å². The molecule has 92 valence electrons. The fourth-order valence-electron chi connectivity index (χ4n) is 1.81. The summed E-state index contributed by atoms with van der Waals surface area (Å²) in [7, 11) is 1.42. The Bertz CT molecular complexity index is 410. The highest BCUT2D eigenvalue weighted by molar-refractivity contribution is 5.33. The van der Waals surface area contributed by atoms with Gasteiger partial charge in [0, 0.05) is 0 Å². The fraction of sp³-hybridized carbons (Fsp3) is 0.462. The predicted octanol–water partition coefficient (Wildman–Crippen LogP) is 2.74. The lowest BCUT2D eigenvalue weighted by molar-refractivity contribution is 0.261. The lowest BCUT2D eigenvalue weighted by Gasteiger charge is -2.24. The van der Waals surface area contributed by atoms with Crippen LogP contribution in [0.4, 0.5) is 4.39 Å². The first-order valence-electron chi connectivity index (χ1n) is 5.65. The van der Waals surface area contributed by atoms with Crippen LogP contribution in [0.3, 0.4) is 0 Å². The summed E-state index contributed by atoms with van der Waals surface area (Å²) in [4.78, 5) is 1.97. The zero-order valence-corrected chi connectivity index (χ0v) is 10.4. The molecule has 0 saturated carbocycles. The van der Waals surface area contributed by atoms with E-state index in [0.29, 0.717) is 5.56 Å². The Morgan fingerprint density at radius 3 is 2.47 bits per heavy atom. The molecule has 0 amide bonds. The van der Waals surface area contributed by atoms with Gasteiger partial charge in [-0.3, -0.25) is 4.90 Å². The molecular weight excluding hydrogens is 219 g/mol. The Labute approximate surface area is 101 Å². The molecule has 4 heteroatoms. The minimum absolute atomic E-state index is 0.199. The summed E-state index contributed by atoms with van der Waals surface area (Å²) in [6.07, 6.45) is 0. The molecule has 0 saturated heterocycles. The van der Waals surface area contributed by atoms with Crippen LogP contribution in [0.2, 0.25) is 0 Å². The van der Waals surface area contributed by atoms with Crippen molar-refractivity contribution in [2.75, 3.05) is 20.2 Å². The highest BCUT2D eigenvalue weighted by atomic mass is 19.1. The summed E-state index contributed by atoms with van der Waals surface area (Å²) < 4.78 is 18.4. The van der Waals surface area contributed by atoms with Gasteiger partial charge in [-0.1, -0.05) is 19.9 Å². The van der Waals surface area contributed by atoms with Crippen molar-refractivity contribution in [1.82, 2.24) is 4.90 Å². The maximum absolute atomic E-state index is 13.6. The second kappa shape index (κ2) is 6.21. The number of hydrogen-bond donors (Lipinski definition) is 0. The lowest BCUT2D eigenvalue weighted by atomic mass is 10.1. The van der Waals surface area contributed by atoms with Crippen molar-refractivity contribution in [2.45, 2.75) is 19.9 Å². The van der Waals surface area contributed by atoms with E-state index in [9.17, 15) is 9.65 Å². The number of halogens is 1. The van der Waals surface area contributed by atoms with Crippen molar-refractivity contribution >= 4 is 0 Å². The highest BCUT2D eigenvalue weighted by Gasteiger charge is 2.18. The third-order valence-corrected chi connectivity index (χ3v) is 2.79. The molecular formula is C13H17FN2O. The van der Waals surface area contributed by atoms with E-state index in [-0.39, 0.29) is 5.75 Å². The molecule has 0 heterocycles. The van der Waals surface area contributed by atoms with Gasteiger partial charge in [0.15, 0.2) is 11.6 Å². The topological polar surface area (TPSA) is 36.3 Å². The van der Waals surface area contributed by atoms with Crippen molar-refractivity contribution in [3.05, 3.63) is 29.6 Å². The van der Waals surface area contributed by atoms with Gasteiger partial charge in [-0.2, -0.15) is 5.26 Å². The van der Waals surface area contributed by atoms with E-state index in [1.807, 2.05) is 18.7 Å². The van der Waals surface area contributed by atoms with Crippen LogP contribution < -0.4 is 4.74 Å². The first-order chi connectivity index (χ1) is 8.17. The highest BCUT2D eigenvalue weighted by Crippen LogP contribution is 2.25. The SMILES string of the molecule is CCN(CC)C(C#N)c1ccc(OC)c(F)c1. The molecule has 0 aliphatic carbocycles. The molecule has 0 aliphatic heterocycles. The van der Waals surface area contributed by atoms with Gasteiger partial charge in [0.2, 0.25) is 0 Å². The van der Waals surface area contributed by atoms with E-state index >= 15 is 0 Å². The van der Waals surface area contributed by atoms with Crippen molar-refractivity contribution in [3.63, 3.8) is 0 Å². The zero-order chi connectivity index (χ0) is 12.8. The van der Waals surface area contributed by atoms with Gasteiger partial charge in [0.1, 0.15) is 6.04 Å². The summed E-state index contributed by atoms with van der Waals surface area (Å²) in [5.41, 5.74) is 0.662. The van der Waals surface area contributed by atoms with E-state index in [1.54, 1.807) is 12.1 Å². The number of benzene rings is 1. The van der Waals surface area contributed by atoms with Gasteiger partial charge < -0.3 is 4.74 Å². The maximum atomic E-state index is 13.6. The molecule has 0 bridgehead atoms. The number of nitriles is 1. The van der Waals surface area contributed by atoms with Gasteiger partial charge in [0.25, 0.3) is 0 Å². The van der Waals surface area contributed by atoms with Crippen LogP contribution in [-0.4, -0.2) is 25.1 Å². The molecule has 1 aromatic rings. The largest absolute Gasteiger partial charge is 0.494 e. The second-order valence-electron chi connectivity index (χ2n) is 3.65. The smallest absolute Gasteiger partial charge is 0.165 e. The van der Waals surface area contributed by atoms with Crippen molar-refractivity contribution in [3.8, 4) is 11.8 Å². The van der Waals surface area contributed by atoms with Crippen LogP contribution in [0.15, 0.2) is 18.2 Å². The van der Waals surface area contributed by atoms with Gasteiger partial charge in [-0.25, -0.2) is 4.39 Å². The Hall–Kier alpha value is -1.60. The van der Waals surface area contributed by atoms with Crippen LogP contribution in [0.25, 0.3) is 0 Å². The molecule has 0 spiro atoms. The first-order valence-corrected chi connectivity index (χ1v) is 5.65. The van der Waals surface area contributed by atoms with Crippen LogP contribution in [0, 0.1) is 17.1 Å². The third kappa shape index (κ3) is 2.95. The summed E-state index contributed by atoms with van der Waals surface area (Å²) >= 11 is 0. The zero-order valence-electron chi connectivity index (χ0n) is 10.4. The minimum atomic E-state index is -0.433. The molecule has 1 aromatic carbocycles. The summed E-state index contributed by atoms with van der Waals surface area (Å²) in [5, 5.41) is 9.18. The van der Waals surface area contributed by atoms with Crippen LogP contribution in [0.5, 0.6) is 5.75 Å². The molecule has 1 unspecified atom stereocenters. The molecule has 1 atom stereocenters. The summed E-state index contributed by atoms with van der Waals surface area (Å²) in [6, 6.07) is 6.44. The Kier molecular flexibility index (Phi) is 4.92. The quantitative estimate of drug-likeness (QED) is 0.788. The Morgan fingerprint density at radius 1 is 1.41 bits per heavy atom. The molecule has 0 aromatic heterocycles. The summed E-state index contributed by atoms with van der Waals surface area (Å²) in [6.45, 7) is 5.46. The number of ether oxygens (including phenoxy) is 1. The molecule has 17 heavy (non-hydrogen) atoms. The van der Waals surface area contributed by atoms with E-state index < -0.39 is 11.9 Å². The second-order valence-corrected chi connectivity index (χ2v) is 3.65. The van der Waals surface area contributed by atoms with E-state index in [4.69, 9.17) is 4.74 Å².